The fourth-order valence-electron chi connectivity index (χ4n) is 5.92. The fourth-order valence-corrected chi connectivity index (χ4v) is 5.92. The summed E-state index contributed by atoms with van der Waals surface area (Å²) in [6.07, 6.45) is 4.73. The molecule has 0 aromatic carbocycles. The van der Waals surface area contributed by atoms with Gasteiger partial charge < -0.3 is 29.4 Å². The molecule has 2 aromatic rings. The van der Waals surface area contributed by atoms with Crippen molar-refractivity contribution >= 4 is 22.9 Å². The molecule has 9 heteroatoms. The van der Waals surface area contributed by atoms with Gasteiger partial charge >= 0.3 is 6.09 Å². The van der Waals surface area contributed by atoms with Gasteiger partial charge in [0.25, 0.3) is 0 Å². The van der Waals surface area contributed by atoms with Crippen LogP contribution in [0.5, 0.6) is 0 Å². The lowest BCUT2D eigenvalue weighted by molar-refractivity contribution is -0.151. The molecule has 35 heavy (non-hydrogen) atoms. The Kier molecular flexibility index (Phi) is 5.64. The Morgan fingerprint density at radius 3 is 2.66 bits per heavy atom. The third kappa shape index (κ3) is 4.29. The van der Waals surface area contributed by atoms with Crippen LogP contribution in [0.25, 0.3) is 11.0 Å². The molecule has 3 fully saturated rings. The lowest BCUT2D eigenvalue weighted by atomic mass is 9.87. The highest BCUT2D eigenvalue weighted by atomic mass is 16.8. The van der Waals surface area contributed by atoms with Gasteiger partial charge in [-0.3, -0.25) is 0 Å². The van der Waals surface area contributed by atoms with E-state index in [4.69, 9.17) is 19.9 Å². The number of rotatable bonds is 1. The van der Waals surface area contributed by atoms with E-state index in [2.05, 4.69) is 27.7 Å². The number of carbonyl (C=O) groups excluding carboxylic acids is 1. The number of likely N-dealkylation sites (tertiary alicyclic amines) is 1. The van der Waals surface area contributed by atoms with E-state index in [0.29, 0.717) is 18.9 Å². The number of fused-ring (bicyclic) bond motifs is 2. The molecule has 3 aliphatic rings. The molecule has 2 aromatic heterocycles. The van der Waals surface area contributed by atoms with E-state index >= 15 is 0 Å². The van der Waals surface area contributed by atoms with Crippen LogP contribution < -0.4 is 5.73 Å². The van der Waals surface area contributed by atoms with Crippen LogP contribution in [0, 0.1) is 12.8 Å². The summed E-state index contributed by atoms with van der Waals surface area (Å²) in [6, 6.07) is 0.0332. The largest absolute Gasteiger partial charge is 0.444 e. The lowest BCUT2D eigenvalue weighted by Gasteiger charge is -2.36. The SMILES string of the molecule is Cc1cn([C@@H]2C/C(=C3\CCN(C(=O)OC(C)(C)C)CC3C)[C@H]3OC(C)(C)O[C@H]32)c2ncnc(N)c12. The highest BCUT2D eigenvalue weighted by Crippen LogP contribution is 2.50. The van der Waals surface area contributed by atoms with Gasteiger partial charge in [0.15, 0.2) is 5.79 Å². The van der Waals surface area contributed by atoms with Crippen molar-refractivity contribution < 1.29 is 19.0 Å². The van der Waals surface area contributed by atoms with Gasteiger partial charge in [0, 0.05) is 19.3 Å². The maximum atomic E-state index is 12.7. The van der Waals surface area contributed by atoms with E-state index in [1.165, 1.54) is 17.5 Å². The maximum absolute atomic E-state index is 12.7. The monoisotopic (exact) mass is 483 g/mol. The van der Waals surface area contributed by atoms with Crippen LogP contribution in [0.4, 0.5) is 10.6 Å². The zero-order chi connectivity index (χ0) is 25.3. The summed E-state index contributed by atoms with van der Waals surface area (Å²) in [4.78, 5) is 23.2. The summed E-state index contributed by atoms with van der Waals surface area (Å²) >= 11 is 0. The molecular formula is C26H37N5O4. The Hall–Kier alpha value is -2.65. The molecule has 5 rings (SSSR count). The molecule has 2 N–H and O–H groups in total. The quantitative estimate of drug-likeness (QED) is 0.601. The van der Waals surface area contributed by atoms with Gasteiger partial charge in [0.2, 0.25) is 0 Å². The second-order valence-corrected chi connectivity index (χ2v) is 11.6. The molecule has 9 nitrogen and oxygen atoms in total. The van der Waals surface area contributed by atoms with Crippen LogP contribution in [0.2, 0.25) is 0 Å². The number of nitrogens with zero attached hydrogens (tertiary/aromatic N) is 4. The number of ether oxygens (including phenoxy) is 3. The molecule has 190 valence electrons. The van der Waals surface area contributed by atoms with Crippen molar-refractivity contribution in [2.75, 3.05) is 18.8 Å². The molecule has 0 radical (unpaired) electrons. The van der Waals surface area contributed by atoms with Gasteiger partial charge in [-0.05, 0) is 71.4 Å². The number of anilines is 1. The highest BCUT2D eigenvalue weighted by molar-refractivity contribution is 5.89. The van der Waals surface area contributed by atoms with Crippen LogP contribution >= 0.6 is 0 Å². The van der Waals surface area contributed by atoms with Crippen molar-refractivity contribution in [3.63, 3.8) is 0 Å². The lowest BCUT2D eigenvalue weighted by Crippen LogP contribution is -2.43. The molecule has 0 bridgehead atoms. The number of piperidine rings is 1. The third-order valence-corrected chi connectivity index (χ3v) is 7.27. The Labute approximate surface area is 206 Å². The summed E-state index contributed by atoms with van der Waals surface area (Å²) in [7, 11) is 0. The van der Waals surface area contributed by atoms with E-state index < -0.39 is 11.4 Å². The minimum atomic E-state index is -0.674. The minimum Gasteiger partial charge on any atom is -0.444 e. The van der Waals surface area contributed by atoms with Gasteiger partial charge in [-0.2, -0.15) is 0 Å². The first-order chi connectivity index (χ1) is 16.3. The summed E-state index contributed by atoms with van der Waals surface area (Å²) < 4.78 is 20.7. The van der Waals surface area contributed by atoms with Crippen LogP contribution in [0.3, 0.4) is 0 Å². The van der Waals surface area contributed by atoms with Crippen LogP contribution in [-0.4, -0.2) is 62.2 Å². The molecule has 2 saturated heterocycles. The van der Waals surface area contributed by atoms with Crippen LogP contribution in [0.15, 0.2) is 23.7 Å². The molecule has 1 unspecified atom stereocenters. The second-order valence-electron chi connectivity index (χ2n) is 11.6. The average Bonchev–Trinajstić information content (AvgIpc) is 3.35. The van der Waals surface area contributed by atoms with Crippen molar-refractivity contribution in [2.45, 2.75) is 90.9 Å². The van der Waals surface area contributed by atoms with Gasteiger partial charge in [-0.25, -0.2) is 14.8 Å². The normalized spacial score (nSPS) is 30.7. The molecule has 1 saturated carbocycles. The molecule has 1 aliphatic carbocycles. The fraction of sp³-hybridized carbons (Fsp3) is 0.654. The summed E-state index contributed by atoms with van der Waals surface area (Å²) in [6.45, 7) is 15.1. The summed E-state index contributed by atoms with van der Waals surface area (Å²) in [5, 5.41) is 0.891. The number of nitrogens with two attached hydrogens (primary N) is 1. The van der Waals surface area contributed by atoms with E-state index in [-0.39, 0.29) is 30.3 Å². The predicted octanol–water partition coefficient (Wildman–Crippen LogP) is 4.36. The first kappa shape index (κ1) is 24.1. The molecule has 2 aliphatic heterocycles. The summed E-state index contributed by atoms with van der Waals surface area (Å²) in [5.41, 5.74) is 10.2. The maximum Gasteiger partial charge on any atom is 0.410 e. The zero-order valence-electron chi connectivity index (χ0n) is 21.8. The Bertz CT molecular complexity index is 1190. The minimum absolute atomic E-state index is 0.0332. The molecule has 4 atom stereocenters. The highest BCUT2D eigenvalue weighted by Gasteiger charge is 2.53. The van der Waals surface area contributed by atoms with E-state index in [0.717, 1.165) is 29.4 Å². The van der Waals surface area contributed by atoms with Gasteiger partial charge in [0.05, 0.1) is 11.4 Å². The second kappa shape index (κ2) is 8.20. The van der Waals surface area contributed by atoms with Gasteiger partial charge in [-0.15, -0.1) is 0 Å². The Morgan fingerprint density at radius 1 is 1.23 bits per heavy atom. The number of carbonyl (C=O) groups is 1. The Morgan fingerprint density at radius 2 is 1.97 bits per heavy atom. The van der Waals surface area contributed by atoms with E-state index in [1.807, 2.05) is 46.4 Å². The molecule has 1 amide bonds. The van der Waals surface area contributed by atoms with Crippen molar-refractivity contribution in [1.82, 2.24) is 19.4 Å². The van der Waals surface area contributed by atoms with Crippen LogP contribution in [0.1, 0.15) is 66.0 Å². The van der Waals surface area contributed by atoms with Crippen molar-refractivity contribution in [3.05, 3.63) is 29.2 Å². The van der Waals surface area contributed by atoms with Crippen LogP contribution in [-0.2, 0) is 14.2 Å². The predicted molar refractivity (Wildman–Crippen MR) is 133 cm³/mol. The molecule has 0 spiro atoms. The standard InChI is InChI=1S/C26H37N5O4/c1-14-11-30(24(32)35-25(3,4)5)9-8-16(14)17-10-18(21-20(17)33-26(6,7)34-21)31-12-15(2)19-22(27)28-13-29-23(19)31/h12-14,18,20-21H,8-11H2,1-7H3,(H2,27,28,29)/b17-16-/t14?,18-,20-,21+/m1/s1. The number of aryl methyl sites for hydroxylation is 1. The van der Waals surface area contributed by atoms with Crippen molar-refractivity contribution in [2.24, 2.45) is 5.92 Å². The first-order valence-electron chi connectivity index (χ1n) is 12.5. The van der Waals surface area contributed by atoms with E-state index in [1.54, 1.807) is 0 Å². The van der Waals surface area contributed by atoms with Gasteiger partial charge in [0.1, 0.15) is 35.6 Å². The Balaban J connectivity index is 1.48. The van der Waals surface area contributed by atoms with Crippen molar-refractivity contribution in [3.8, 4) is 0 Å². The van der Waals surface area contributed by atoms with E-state index in [9.17, 15) is 4.79 Å². The molecule has 4 heterocycles. The average molecular weight is 484 g/mol. The number of hydrogen-bond acceptors (Lipinski definition) is 7. The number of hydrogen-bond donors (Lipinski definition) is 1. The topological polar surface area (TPSA) is 105 Å². The van der Waals surface area contributed by atoms with Crippen molar-refractivity contribution in [1.29, 1.82) is 0 Å². The number of nitrogen functional groups attached to an aromatic ring is 1. The molecular weight excluding hydrogens is 446 g/mol. The smallest absolute Gasteiger partial charge is 0.410 e. The third-order valence-electron chi connectivity index (χ3n) is 7.27. The number of aromatic nitrogens is 3. The first-order valence-corrected chi connectivity index (χ1v) is 12.5. The summed E-state index contributed by atoms with van der Waals surface area (Å²) in [5.74, 6) is 0.0252. The number of amides is 1. The van der Waals surface area contributed by atoms with Gasteiger partial charge in [-0.1, -0.05) is 12.5 Å². The zero-order valence-corrected chi connectivity index (χ0v) is 21.8.